The topological polar surface area (TPSA) is 65.7 Å². The van der Waals surface area contributed by atoms with Crippen LogP contribution in [0.3, 0.4) is 0 Å². The molecule has 0 bridgehead atoms. The molecule has 3 rings (SSSR count). The summed E-state index contributed by atoms with van der Waals surface area (Å²) in [6.07, 6.45) is 0. The predicted octanol–water partition coefficient (Wildman–Crippen LogP) is 4.54. The third-order valence-electron chi connectivity index (χ3n) is 4.46. The maximum atomic E-state index is 12.6. The minimum Gasteiger partial charge on any atom is -0.451 e. The van der Waals surface area contributed by atoms with E-state index in [0.717, 1.165) is 22.1 Å². The molecule has 27 heavy (non-hydrogen) atoms. The van der Waals surface area contributed by atoms with Crippen LogP contribution >= 0.6 is 0 Å². The summed E-state index contributed by atoms with van der Waals surface area (Å²) in [6.45, 7) is 5.61. The lowest BCUT2D eigenvalue weighted by Crippen LogP contribution is -2.17. The van der Waals surface area contributed by atoms with Crippen molar-refractivity contribution in [1.29, 1.82) is 0 Å². The zero-order chi connectivity index (χ0) is 19.6. The number of furan rings is 1. The number of aryl methyl sites for hydroxylation is 3. The molecule has 5 nitrogen and oxygen atoms in total. The van der Waals surface area contributed by atoms with Gasteiger partial charge in [-0.2, -0.15) is 0 Å². The highest BCUT2D eigenvalue weighted by Gasteiger charge is 2.23. The number of Topliss-reactive ketones (excluding diaryl/α,β-unsaturated/α-hetero) is 1. The minimum absolute atomic E-state index is 0.0724. The summed E-state index contributed by atoms with van der Waals surface area (Å²) in [5, 5.41) is 0.794. The average Bonchev–Trinajstić information content (AvgIpc) is 2.98. The second-order valence-electron chi connectivity index (χ2n) is 6.61. The van der Waals surface area contributed by atoms with Crippen molar-refractivity contribution in [3.8, 4) is 0 Å². The third-order valence-corrected chi connectivity index (χ3v) is 4.46. The van der Waals surface area contributed by atoms with Crippen LogP contribution in [-0.4, -0.2) is 25.5 Å². The van der Waals surface area contributed by atoms with E-state index in [-0.39, 0.29) is 24.8 Å². The number of ketones is 1. The zero-order valence-electron chi connectivity index (χ0n) is 15.9. The first-order valence-electron chi connectivity index (χ1n) is 8.70. The molecule has 0 radical (unpaired) electrons. The molecule has 0 atom stereocenters. The molecule has 1 aromatic heterocycles. The summed E-state index contributed by atoms with van der Waals surface area (Å²) in [6, 6.07) is 11.2. The molecule has 0 saturated heterocycles. The maximum absolute atomic E-state index is 12.6. The molecule has 0 saturated carbocycles. The number of carbonyl (C=O) groups excluding carboxylic acids is 2. The lowest BCUT2D eigenvalue weighted by molar-refractivity contribution is 0.0440. The molecule has 3 aromatic rings. The zero-order valence-corrected chi connectivity index (χ0v) is 15.9. The summed E-state index contributed by atoms with van der Waals surface area (Å²) < 4.78 is 16.1. The van der Waals surface area contributed by atoms with Crippen molar-refractivity contribution in [1.82, 2.24) is 0 Å². The van der Waals surface area contributed by atoms with Crippen molar-refractivity contribution in [3.05, 3.63) is 70.0 Å². The number of methoxy groups -OCH3 is 1. The van der Waals surface area contributed by atoms with E-state index in [9.17, 15) is 9.59 Å². The molecular weight excluding hydrogens is 344 g/mol. The molecule has 0 aliphatic heterocycles. The average molecular weight is 366 g/mol. The molecule has 2 aromatic carbocycles. The van der Waals surface area contributed by atoms with E-state index in [1.54, 1.807) is 13.2 Å². The quantitative estimate of drug-likeness (QED) is 0.473. The molecule has 0 fully saturated rings. The van der Waals surface area contributed by atoms with Gasteiger partial charge in [0.15, 0.2) is 6.61 Å². The van der Waals surface area contributed by atoms with E-state index in [0.29, 0.717) is 16.7 Å². The summed E-state index contributed by atoms with van der Waals surface area (Å²) in [5.74, 6) is -0.833. The summed E-state index contributed by atoms with van der Waals surface area (Å²) in [5.41, 5.74) is 4.62. The number of hydrogen-bond donors (Lipinski definition) is 0. The van der Waals surface area contributed by atoms with Gasteiger partial charge in [-0.25, -0.2) is 4.79 Å². The van der Waals surface area contributed by atoms with Crippen molar-refractivity contribution in [2.24, 2.45) is 0 Å². The molecule has 0 amide bonds. The lowest BCUT2D eigenvalue weighted by Gasteiger charge is -2.10. The van der Waals surface area contributed by atoms with Crippen LogP contribution in [0.15, 0.2) is 40.8 Å². The largest absolute Gasteiger partial charge is 0.451 e. The number of rotatable bonds is 6. The first-order valence-corrected chi connectivity index (χ1v) is 8.70. The fourth-order valence-corrected chi connectivity index (χ4v) is 3.44. The van der Waals surface area contributed by atoms with Gasteiger partial charge in [-0.3, -0.25) is 4.79 Å². The standard InChI is InChI=1S/C22H22O5/c1-13-9-14(2)20(15(3)10-13)18(23)12-26-22(24)21-17(11-25-4)16-7-5-6-8-19(16)27-21/h5-10H,11-12H2,1-4H3. The Morgan fingerprint density at radius 2 is 1.70 bits per heavy atom. The smallest absolute Gasteiger partial charge is 0.375 e. The first kappa shape index (κ1) is 18.9. The molecule has 0 aliphatic rings. The number of hydrogen-bond acceptors (Lipinski definition) is 5. The number of para-hydroxylation sites is 1. The summed E-state index contributed by atoms with van der Waals surface area (Å²) in [7, 11) is 1.54. The third kappa shape index (κ3) is 3.78. The van der Waals surface area contributed by atoms with E-state index >= 15 is 0 Å². The molecule has 0 unspecified atom stereocenters. The van der Waals surface area contributed by atoms with Crippen LogP contribution in [0.2, 0.25) is 0 Å². The van der Waals surface area contributed by atoms with E-state index in [1.807, 2.05) is 51.1 Å². The Morgan fingerprint density at radius 1 is 1.04 bits per heavy atom. The predicted molar refractivity (Wildman–Crippen MR) is 102 cm³/mol. The fraction of sp³-hybridized carbons (Fsp3) is 0.273. The van der Waals surface area contributed by atoms with Crippen LogP contribution in [0.1, 0.15) is 43.2 Å². The van der Waals surface area contributed by atoms with E-state index in [2.05, 4.69) is 0 Å². The molecule has 0 N–H and O–H groups in total. The summed E-state index contributed by atoms with van der Waals surface area (Å²) in [4.78, 5) is 25.1. The Bertz CT molecular complexity index is 990. The Hall–Kier alpha value is -2.92. The van der Waals surface area contributed by atoms with Gasteiger partial charge in [0.25, 0.3) is 0 Å². The normalized spacial score (nSPS) is 11.0. The minimum atomic E-state index is -0.672. The highest BCUT2D eigenvalue weighted by molar-refractivity contribution is 6.02. The molecule has 1 heterocycles. The van der Waals surface area contributed by atoms with Gasteiger partial charge in [0.2, 0.25) is 11.5 Å². The number of carbonyl (C=O) groups is 2. The van der Waals surface area contributed by atoms with E-state index in [4.69, 9.17) is 13.9 Å². The van der Waals surface area contributed by atoms with Gasteiger partial charge < -0.3 is 13.9 Å². The van der Waals surface area contributed by atoms with Crippen molar-refractivity contribution >= 4 is 22.7 Å². The summed E-state index contributed by atoms with van der Waals surface area (Å²) >= 11 is 0. The van der Waals surface area contributed by atoms with Gasteiger partial charge in [-0.05, 0) is 38.0 Å². The SMILES string of the molecule is COCc1c(C(=O)OCC(=O)c2c(C)cc(C)cc2C)oc2ccccc12. The van der Waals surface area contributed by atoms with Gasteiger partial charge in [-0.15, -0.1) is 0 Å². The van der Waals surface area contributed by atoms with Crippen LogP contribution in [0, 0.1) is 20.8 Å². The van der Waals surface area contributed by atoms with Crippen molar-refractivity contribution in [3.63, 3.8) is 0 Å². The Balaban J connectivity index is 1.81. The van der Waals surface area contributed by atoms with Crippen molar-refractivity contribution < 1.29 is 23.5 Å². The molecular formula is C22H22O5. The highest BCUT2D eigenvalue weighted by atomic mass is 16.5. The van der Waals surface area contributed by atoms with Crippen molar-refractivity contribution in [2.45, 2.75) is 27.4 Å². The van der Waals surface area contributed by atoms with Gasteiger partial charge in [0, 0.05) is 23.6 Å². The fourth-order valence-electron chi connectivity index (χ4n) is 3.44. The monoisotopic (exact) mass is 366 g/mol. The van der Waals surface area contributed by atoms with Gasteiger partial charge >= 0.3 is 5.97 Å². The van der Waals surface area contributed by atoms with E-state index < -0.39 is 5.97 Å². The van der Waals surface area contributed by atoms with Crippen LogP contribution in [-0.2, 0) is 16.1 Å². The van der Waals surface area contributed by atoms with Gasteiger partial charge in [0.1, 0.15) is 5.58 Å². The van der Waals surface area contributed by atoms with Crippen LogP contribution in [0.4, 0.5) is 0 Å². The Labute approximate surface area is 157 Å². The van der Waals surface area contributed by atoms with Crippen LogP contribution in [0.5, 0.6) is 0 Å². The second-order valence-corrected chi connectivity index (χ2v) is 6.61. The van der Waals surface area contributed by atoms with Crippen LogP contribution < -0.4 is 0 Å². The first-order chi connectivity index (χ1) is 12.9. The number of esters is 1. The van der Waals surface area contributed by atoms with E-state index in [1.165, 1.54) is 0 Å². The number of ether oxygens (including phenoxy) is 2. The molecule has 140 valence electrons. The molecule has 0 spiro atoms. The van der Waals surface area contributed by atoms with Crippen molar-refractivity contribution in [2.75, 3.05) is 13.7 Å². The number of fused-ring (bicyclic) bond motifs is 1. The van der Waals surface area contributed by atoms with Gasteiger partial charge in [0.05, 0.1) is 6.61 Å². The molecule has 0 aliphatic carbocycles. The number of benzene rings is 2. The lowest BCUT2D eigenvalue weighted by atomic mass is 9.97. The Morgan fingerprint density at radius 3 is 2.37 bits per heavy atom. The highest BCUT2D eigenvalue weighted by Crippen LogP contribution is 2.27. The maximum Gasteiger partial charge on any atom is 0.375 e. The molecule has 5 heteroatoms. The second kappa shape index (κ2) is 7.76. The Kier molecular flexibility index (Phi) is 5.42. The van der Waals surface area contributed by atoms with Crippen LogP contribution in [0.25, 0.3) is 11.0 Å². The van der Waals surface area contributed by atoms with Gasteiger partial charge in [-0.1, -0.05) is 35.9 Å².